The van der Waals surface area contributed by atoms with Crippen molar-refractivity contribution in [3.8, 4) is 0 Å². The first-order valence-electron chi connectivity index (χ1n) is 9.16. The summed E-state index contributed by atoms with van der Waals surface area (Å²) in [5.41, 5.74) is 2.51. The smallest absolute Gasteiger partial charge is 0.274 e. The van der Waals surface area contributed by atoms with Crippen LogP contribution < -0.4 is 0 Å². The highest BCUT2D eigenvalue weighted by Gasteiger charge is 2.32. The minimum Gasteiger partial charge on any atom is -0.391 e. The van der Waals surface area contributed by atoms with E-state index in [1.165, 1.54) is 10.8 Å². The Kier molecular flexibility index (Phi) is 4.47. The minimum absolute atomic E-state index is 0.0500. The van der Waals surface area contributed by atoms with Crippen molar-refractivity contribution >= 4 is 16.7 Å². The third-order valence-corrected chi connectivity index (χ3v) is 5.30. The zero-order chi connectivity index (χ0) is 18.1. The number of rotatable bonds is 3. The van der Waals surface area contributed by atoms with Crippen LogP contribution in [0.4, 0.5) is 0 Å². The summed E-state index contributed by atoms with van der Waals surface area (Å²) in [6.07, 6.45) is 0.988. The normalized spacial score (nSPS) is 20.5. The summed E-state index contributed by atoms with van der Waals surface area (Å²) in [6, 6.07) is 16.4. The fourth-order valence-electron chi connectivity index (χ4n) is 3.76. The highest BCUT2D eigenvalue weighted by atomic mass is 16.3. The molecule has 134 valence electrons. The Hall–Kier alpha value is -2.66. The molecule has 0 spiro atoms. The van der Waals surface area contributed by atoms with Crippen molar-refractivity contribution in [2.24, 2.45) is 0 Å². The van der Waals surface area contributed by atoms with Gasteiger partial charge in [-0.05, 0) is 35.2 Å². The van der Waals surface area contributed by atoms with Crippen LogP contribution in [-0.2, 0) is 6.42 Å². The number of aromatic nitrogens is 2. The molecule has 0 radical (unpaired) electrons. The Morgan fingerprint density at radius 3 is 2.77 bits per heavy atom. The Morgan fingerprint density at radius 1 is 1.23 bits per heavy atom. The number of aliphatic hydroxyl groups is 1. The number of amides is 1. The molecular weight excluding hydrogens is 326 g/mol. The lowest BCUT2D eigenvalue weighted by Gasteiger charge is -2.36. The van der Waals surface area contributed by atoms with E-state index in [1.807, 2.05) is 19.1 Å². The molecular formula is C21H23N3O2. The lowest BCUT2D eigenvalue weighted by atomic mass is 9.86. The van der Waals surface area contributed by atoms with Crippen LogP contribution in [0.5, 0.6) is 0 Å². The average molecular weight is 349 g/mol. The van der Waals surface area contributed by atoms with Crippen molar-refractivity contribution in [3.05, 3.63) is 65.5 Å². The molecule has 5 heteroatoms. The van der Waals surface area contributed by atoms with Gasteiger partial charge in [0.05, 0.1) is 6.10 Å². The molecule has 1 fully saturated rings. The number of likely N-dealkylation sites (tertiary alicyclic amines) is 1. The van der Waals surface area contributed by atoms with Gasteiger partial charge in [-0.25, -0.2) is 0 Å². The summed E-state index contributed by atoms with van der Waals surface area (Å²) >= 11 is 0. The van der Waals surface area contributed by atoms with Gasteiger partial charge >= 0.3 is 0 Å². The maximum Gasteiger partial charge on any atom is 0.274 e. The third-order valence-electron chi connectivity index (χ3n) is 5.30. The number of aromatic amines is 1. The Balaban J connectivity index is 1.49. The number of nitrogens with zero attached hydrogens (tertiary/aromatic N) is 2. The first-order chi connectivity index (χ1) is 12.7. The van der Waals surface area contributed by atoms with Crippen LogP contribution in [0.3, 0.4) is 0 Å². The van der Waals surface area contributed by atoms with Gasteiger partial charge in [0, 0.05) is 24.7 Å². The maximum absolute atomic E-state index is 12.6. The van der Waals surface area contributed by atoms with Crippen molar-refractivity contribution in [3.63, 3.8) is 0 Å². The number of H-pyrrole nitrogens is 1. The van der Waals surface area contributed by atoms with Crippen LogP contribution in [0, 0.1) is 0 Å². The molecule has 1 aliphatic heterocycles. The van der Waals surface area contributed by atoms with E-state index in [-0.39, 0.29) is 11.8 Å². The van der Waals surface area contributed by atoms with Crippen LogP contribution in [0.15, 0.2) is 48.5 Å². The van der Waals surface area contributed by atoms with E-state index in [9.17, 15) is 9.90 Å². The number of carbonyl (C=O) groups is 1. The van der Waals surface area contributed by atoms with E-state index in [0.29, 0.717) is 18.8 Å². The quantitative estimate of drug-likeness (QED) is 0.763. The van der Waals surface area contributed by atoms with Gasteiger partial charge in [0.25, 0.3) is 5.91 Å². The topological polar surface area (TPSA) is 69.2 Å². The fourth-order valence-corrected chi connectivity index (χ4v) is 3.76. The molecule has 5 nitrogen and oxygen atoms in total. The molecule has 26 heavy (non-hydrogen) atoms. The van der Waals surface area contributed by atoms with Crippen LogP contribution in [-0.4, -0.2) is 45.3 Å². The minimum atomic E-state index is -0.571. The van der Waals surface area contributed by atoms with E-state index in [1.54, 1.807) is 11.0 Å². The van der Waals surface area contributed by atoms with Gasteiger partial charge in [-0.3, -0.25) is 9.89 Å². The molecule has 1 amide bonds. The standard InChI is InChI=1S/C21H23N3O2/c1-2-17-12-19(23-22-17)21(26)24-10-9-18(20(25)13-24)16-8-7-14-5-3-4-6-15(14)11-16/h3-8,11-12,18,20,25H,2,9-10,13H2,1H3,(H,22,23)/t18-,20+/m0/s1. The average Bonchev–Trinajstić information content (AvgIpc) is 3.16. The van der Waals surface area contributed by atoms with Gasteiger partial charge < -0.3 is 10.0 Å². The van der Waals surface area contributed by atoms with Gasteiger partial charge in [0.1, 0.15) is 5.69 Å². The lowest BCUT2D eigenvalue weighted by molar-refractivity contribution is 0.0378. The van der Waals surface area contributed by atoms with Gasteiger partial charge in [-0.15, -0.1) is 0 Å². The van der Waals surface area contributed by atoms with Crippen molar-refractivity contribution < 1.29 is 9.90 Å². The van der Waals surface area contributed by atoms with E-state index >= 15 is 0 Å². The van der Waals surface area contributed by atoms with E-state index < -0.39 is 6.10 Å². The highest BCUT2D eigenvalue weighted by Crippen LogP contribution is 2.31. The molecule has 4 rings (SSSR count). The first kappa shape index (κ1) is 16.8. The van der Waals surface area contributed by atoms with Gasteiger partial charge in [-0.2, -0.15) is 5.10 Å². The molecule has 2 heterocycles. The lowest BCUT2D eigenvalue weighted by Crippen LogP contribution is -2.45. The van der Waals surface area contributed by atoms with E-state index in [0.717, 1.165) is 24.1 Å². The second-order valence-corrected chi connectivity index (χ2v) is 6.95. The SMILES string of the molecule is CCc1cc(C(=O)N2CC[C@@H](c3ccc4ccccc4c3)[C@H](O)C2)n[nH]1. The zero-order valence-corrected chi connectivity index (χ0v) is 14.9. The predicted molar refractivity (Wildman–Crippen MR) is 101 cm³/mol. The number of hydrogen-bond acceptors (Lipinski definition) is 3. The molecule has 0 bridgehead atoms. The summed E-state index contributed by atoms with van der Waals surface area (Å²) in [5, 5.41) is 20.0. The summed E-state index contributed by atoms with van der Waals surface area (Å²) in [6.45, 7) is 2.98. The molecule has 2 N–H and O–H groups in total. The second-order valence-electron chi connectivity index (χ2n) is 6.95. The van der Waals surface area contributed by atoms with Crippen molar-refractivity contribution in [1.29, 1.82) is 0 Å². The molecule has 1 aromatic heterocycles. The van der Waals surface area contributed by atoms with Crippen molar-refractivity contribution in [1.82, 2.24) is 15.1 Å². The van der Waals surface area contributed by atoms with Crippen LogP contribution in [0.25, 0.3) is 10.8 Å². The Morgan fingerprint density at radius 2 is 2.04 bits per heavy atom. The number of β-amino-alcohol motifs (C(OH)–C–C–N with tert-alkyl or cyclic N) is 1. The molecule has 1 saturated heterocycles. The summed E-state index contributed by atoms with van der Waals surface area (Å²) in [5.74, 6) is -0.0639. The fraction of sp³-hybridized carbons (Fsp3) is 0.333. The number of carbonyl (C=O) groups excluding carboxylic acids is 1. The van der Waals surface area contributed by atoms with Gasteiger partial charge in [0.15, 0.2) is 0 Å². The Bertz CT molecular complexity index is 934. The van der Waals surface area contributed by atoms with Crippen LogP contribution in [0.1, 0.15) is 41.0 Å². The Labute approximate surface area is 152 Å². The molecule has 0 aliphatic carbocycles. The van der Waals surface area contributed by atoms with E-state index in [4.69, 9.17) is 0 Å². The number of piperidine rings is 1. The summed E-state index contributed by atoms with van der Waals surface area (Å²) < 4.78 is 0. The van der Waals surface area contributed by atoms with Crippen LogP contribution >= 0.6 is 0 Å². The van der Waals surface area contributed by atoms with Crippen molar-refractivity contribution in [2.45, 2.75) is 31.8 Å². The highest BCUT2D eigenvalue weighted by molar-refractivity contribution is 5.92. The summed E-state index contributed by atoms with van der Waals surface area (Å²) in [7, 11) is 0. The number of nitrogens with one attached hydrogen (secondary N) is 1. The second kappa shape index (κ2) is 6.92. The molecule has 2 aromatic carbocycles. The first-order valence-corrected chi connectivity index (χ1v) is 9.16. The number of hydrogen-bond donors (Lipinski definition) is 2. The molecule has 3 aromatic rings. The third kappa shape index (κ3) is 3.10. The zero-order valence-electron chi connectivity index (χ0n) is 14.9. The molecule has 0 saturated carbocycles. The maximum atomic E-state index is 12.6. The van der Waals surface area contributed by atoms with Crippen molar-refractivity contribution in [2.75, 3.05) is 13.1 Å². The largest absolute Gasteiger partial charge is 0.391 e. The number of benzene rings is 2. The van der Waals surface area contributed by atoms with Crippen LogP contribution in [0.2, 0.25) is 0 Å². The predicted octanol–water partition coefficient (Wildman–Crippen LogP) is 3.12. The van der Waals surface area contributed by atoms with Gasteiger partial charge in [-0.1, -0.05) is 49.4 Å². The number of aliphatic hydroxyl groups excluding tert-OH is 1. The summed E-state index contributed by atoms with van der Waals surface area (Å²) in [4.78, 5) is 14.3. The monoisotopic (exact) mass is 349 g/mol. The number of fused-ring (bicyclic) bond motifs is 1. The molecule has 0 unspecified atom stereocenters. The number of aryl methyl sites for hydroxylation is 1. The van der Waals surface area contributed by atoms with E-state index in [2.05, 4.69) is 40.5 Å². The molecule has 1 aliphatic rings. The molecule has 2 atom stereocenters. The van der Waals surface area contributed by atoms with Gasteiger partial charge in [0.2, 0.25) is 0 Å².